The maximum Gasteiger partial charge on any atom is 0.417 e. The van der Waals surface area contributed by atoms with Crippen molar-refractivity contribution in [1.82, 2.24) is 14.8 Å². The van der Waals surface area contributed by atoms with Crippen LogP contribution in [0.1, 0.15) is 15.9 Å². The van der Waals surface area contributed by atoms with E-state index in [1.54, 1.807) is 0 Å². The van der Waals surface area contributed by atoms with E-state index in [1.807, 2.05) is 0 Å². The molecule has 10 heteroatoms. The number of nitrogens with one attached hydrogen (secondary N) is 1. The number of benzene rings is 1. The number of hydrogen-bond acceptors (Lipinski definition) is 4. The van der Waals surface area contributed by atoms with Crippen molar-refractivity contribution in [3.8, 4) is 17.1 Å². The number of pyridine rings is 1. The number of aromatic nitrogens is 3. The highest BCUT2D eigenvalue weighted by molar-refractivity contribution is 6.07. The predicted octanol–water partition coefficient (Wildman–Crippen LogP) is 3.90. The number of halogens is 4. The van der Waals surface area contributed by atoms with Gasteiger partial charge in [-0.15, -0.1) is 0 Å². The van der Waals surface area contributed by atoms with Crippen LogP contribution < -0.4 is 10.1 Å². The average Bonchev–Trinajstić information content (AvgIpc) is 3.01. The molecule has 1 N–H and O–H groups in total. The molecule has 2 heterocycles. The predicted molar refractivity (Wildman–Crippen MR) is 92.3 cm³/mol. The van der Waals surface area contributed by atoms with Gasteiger partial charge in [-0.1, -0.05) is 12.1 Å². The fourth-order valence-electron chi connectivity index (χ4n) is 2.65. The highest BCUT2D eigenvalue weighted by Crippen LogP contribution is 2.34. The maximum absolute atomic E-state index is 14.5. The molecule has 0 spiro atoms. The first kappa shape index (κ1) is 19.3. The van der Waals surface area contributed by atoms with Gasteiger partial charge in [-0.3, -0.25) is 9.48 Å². The highest BCUT2D eigenvalue weighted by Gasteiger charge is 2.35. The summed E-state index contributed by atoms with van der Waals surface area (Å²) in [7, 11) is 2.77. The molecule has 3 rings (SSSR count). The van der Waals surface area contributed by atoms with Gasteiger partial charge in [-0.2, -0.15) is 18.3 Å². The van der Waals surface area contributed by atoms with Crippen LogP contribution in [0.25, 0.3) is 11.3 Å². The van der Waals surface area contributed by atoms with Crippen LogP contribution in [0.4, 0.5) is 23.2 Å². The van der Waals surface area contributed by atoms with Crippen LogP contribution in [0.15, 0.2) is 42.7 Å². The van der Waals surface area contributed by atoms with Crippen molar-refractivity contribution in [1.29, 1.82) is 0 Å². The van der Waals surface area contributed by atoms with E-state index in [4.69, 9.17) is 4.74 Å². The number of nitrogens with zero attached hydrogens (tertiary/aromatic N) is 3. The van der Waals surface area contributed by atoms with Crippen LogP contribution in [0.2, 0.25) is 0 Å². The van der Waals surface area contributed by atoms with Crippen LogP contribution in [-0.4, -0.2) is 27.8 Å². The summed E-state index contributed by atoms with van der Waals surface area (Å²) in [5.41, 5.74) is -1.59. The zero-order valence-electron chi connectivity index (χ0n) is 14.7. The molecule has 0 saturated carbocycles. The van der Waals surface area contributed by atoms with Crippen molar-refractivity contribution >= 4 is 11.6 Å². The van der Waals surface area contributed by atoms with Crippen molar-refractivity contribution < 1.29 is 27.1 Å². The summed E-state index contributed by atoms with van der Waals surface area (Å²) in [6.45, 7) is 0. The molecule has 0 atom stereocenters. The van der Waals surface area contributed by atoms with Gasteiger partial charge in [0.1, 0.15) is 5.69 Å². The smallest absolute Gasteiger partial charge is 0.417 e. The minimum atomic E-state index is -4.70. The van der Waals surface area contributed by atoms with Gasteiger partial charge >= 0.3 is 6.18 Å². The number of amides is 1. The molecule has 28 heavy (non-hydrogen) atoms. The van der Waals surface area contributed by atoms with Gasteiger partial charge in [-0.25, -0.2) is 9.37 Å². The summed E-state index contributed by atoms with van der Waals surface area (Å²) in [5.74, 6) is -2.08. The number of methoxy groups -OCH3 is 1. The second kappa shape index (κ2) is 7.29. The minimum absolute atomic E-state index is 0.0214. The lowest BCUT2D eigenvalue weighted by Gasteiger charge is -2.13. The molecule has 1 amide bonds. The number of hydrogen-bond donors (Lipinski definition) is 1. The standard InChI is InChI=1S/C18H14F4N4O2/c1-26-9-13(15(25-26)11-7-8-23-17(28-2)14(11)19)24-16(27)10-5-3-4-6-12(10)18(20,21)22/h3-9H,1-2H3,(H,24,27). The third-order valence-corrected chi connectivity index (χ3v) is 3.86. The summed E-state index contributed by atoms with van der Waals surface area (Å²) < 4.78 is 60.1. The van der Waals surface area contributed by atoms with Crippen molar-refractivity contribution in [2.24, 2.45) is 7.05 Å². The monoisotopic (exact) mass is 394 g/mol. The first-order valence-corrected chi connectivity index (χ1v) is 7.92. The topological polar surface area (TPSA) is 69.0 Å². The van der Waals surface area contributed by atoms with Gasteiger partial charge in [0.25, 0.3) is 11.8 Å². The molecule has 0 bridgehead atoms. The second-order valence-corrected chi connectivity index (χ2v) is 5.74. The lowest BCUT2D eigenvalue weighted by Crippen LogP contribution is -2.18. The van der Waals surface area contributed by atoms with E-state index in [2.05, 4.69) is 15.4 Å². The quantitative estimate of drug-likeness (QED) is 0.682. The molecular formula is C18H14F4N4O2. The number of ether oxygens (including phenoxy) is 1. The Hall–Kier alpha value is -3.43. The largest absolute Gasteiger partial charge is 0.479 e. The Balaban J connectivity index is 2.01. The zero-order chi connectivity index (χ0) is 20.5. The molecule has 0 fully saturated rings. The maximum atomic E-state index is 14.5. The molecule has 0 aliphatic carbocycles. The summed E-state index contributed by atoms with van der Waals surface area (Å²) in [4.78, 5) is 16.2. The summed E-state index contributed by atoms with van der Waals surface area (Å²) >= 11 is 0. The van der Waals surface area contributed by atoms with Crippen LogP contribution in [-0.2, 0) is 13.2 Å². The Kier molecular flexibility index (Phi) is 5.04. The molecule has 0 aliphatic rings. The van der Waals surface area contributed by atoms with E-state index >= 15 is 0 Å². The Labute approximate surface area is 156 Å². The molecule has 2 aromatic heterocycles. The third kappa shape index (κ3) is 3.66. The summed E-state index contributed by atoms with van der Waals surface area (Å²) in [6.07, 6.45) is -2.05. The number of anilines is 1. The van der Waals surface area contributed by atoms with Crippen molar-refractivity contribution in [2.75, 3.05) is 12.4 Å². The lowest BCUT2D eigenvalue weighted by molar-refractivity contribution is -0.137. The molecule has 0 saturated heterocycles. The number of carbonyl (C=O) groups excluding carboxylic acids is 1. The van der Waals surface area contributed by atoms with Crippen molar-refractivity contribution in [2.45, 2.75) is 6.18 Å². The van der Waals surface area contributed by atoms with E-state index in [9.17, 15) is 22.4 Å². The van der Waals surface area contributed by atoms with Crippen LogP contribution >= 0.6 is 0 Å². The second-order valence-electron chi connectivity index (χ2n) is 5.74. The molecule has 0 radical (unpaired) electrons. The Morgan fingerprint density at radius 1 is 1.21 bits per heavy atom. The lowest BCUT2D eigenvalue weighted by atomic mass is 10.1. The number of alkyl halides is 3. The SMILES string of the molecule is COc1nccc(-c2nn(C)cc2NC(=O)c2ccccc2C(F)(F)F)c1F. The van der Waals surface area contributed by atoms with Gasteiger partial charge in [-0.05, 0) is 18.2 Å². The highest BCUT2D eigenvalue weighted by atomic mass is 19.4. The van der Waals surface area contributed by atoms with Crippen molar-refractivity contribution in [3.05, 3.63) is 59.7 Å². The summed E-state index contributed by atoms with van der Waals surface area (Å²) in [5, 5.41) is 6.46. The molecule has 1 aromatic carbocycles. The number of carbonyl (C=O) groups is 1. The number of aryl methyl sites for hydroxylation is 1. The van der Waals surface area contributed by atoms with E-state index in [0.717, 1.165) is 12.1 Å². The van der Waals surface area contributed by atoms with Crippen LogP contribution in [0.5, 0.6) is 5.88 Å². The Morgan fingerprint density at radius 2 is 1.93 bits per heavy atom. The molecule has 3 aromatic rings. The van der Waals surface area contributed by atoms with E-state index < -0.39 is 29.0 Å². The van der Waals surface area contributed by atoms with Crippen LogP contribution in [0.3, 0.4) is 0 Å². The van der Waals surface area contributed by atoms with Gasteiger partial charge < -0.3 is 10.1 Å². The number of rotatable bonds is 4. The van der Waals surface area contributed by atoms with Gasteiger partial charge in [0.05, 0.1) is 23.9 Å². The van der Waals surface area contributed by atoms with E-state index in [0.29, 0.717) is 0 Å². The minimum Gasteiger partial charge on any atom is -0.479 e. The third-order valence-electron chi connectivity index (χ3n) is 3.86. The molecule has 0 unspecified atom stereocenters. The van der Waals surface area contributed by atoms with E-state index in [1.165, 1.54) is 49.4 Å². The molecular weight excluding hydrogens is 380 g/mol. The normalized spacial score (nSPS) is 11.4. The van der Waals surface area contributed by atoms with Gasteiger partial charge in [0.2, 0.25) is 0 Å². The van der Waals surface area contributed by atoms with Gasteiger partial charge in [0.15, 0.2) is 5.82 Å². The van der Waals surface area contributed by atoms with Crippen molar-refractivity contribution in [3.63, 3.8) is 0 Å². The summed E-state index contributed by atoms with van der Waals surface area (Å²) in [6, 6.07) is 5.70. The average molecular weight is 394 g/mol. The first-order chi connectivity index (χ1) is 13.2. The van der Waals surface area contributed by atoms with Gasteiger partial charge in [0, 0.05) is 25.0 Å². The fourth-order valence-corrected chi connectivity index (χ4v) is 2.65. The Morgan fingerprint density at radius 3 is 2.61 bits per heavy atom. The molecule has 0 aliphatic heterocycles. The van der Waals surface area contributed by atoms with Crippen LogP contribution in [0, 0.1) is 5.82 Å². The van der Waals surface area contributed by atoms with E-state index in [-0.39, 0.29) is 22.8 Å². The Bertz CT molecular complexity index is 1030. The zero-order valence-corrected chi connectivity index (χ0v) is 14.7. The first-order valence-electron chi connectivity index (χ1n) is 7.92. The fraction of sp³-hybridized carbons (Fsp3) is 0.167. The molecule has 6 nitrogen and oxygen atoms in total. The molecule has 146 valence electrons.